The maximum absolute atomic E-state index is 12.4. The van der Waals surface area contributed by atoms with Crippen LogP contribution in [0.4, 0.5) is 5.13 Å². The fourth-order valence-electron chi connectivity index (χ4n) is 2.69. The Bertz CT molecular complexity index is 1200. The molecule has 27 heavy (non-hydrogen) atoms. The molecule has 1 N–H and O–H groups in total. The number of nitrogens with one attached hydrogen (secondary N) is 1. The van der Waals surface area contributed by atoms with E-state index in [1.807, 2.05) is 35.7 Å². The zero-order chi connectivity index (χ0) is 18.8. The summed E-state index contributed by atoms with van der Waals surface area (Å²) in [6.07, 6.45) is 1.23. The van der Waals surface area contributed by atoms with Crippen molar-refractivity contribution in [3.63, 3.8) is 0 Å². The molecule has 0 atom stereocenters. The highest BCUT2D eigenvalue weighted by molar-refractivity contribution is 9.10. The van der Waals surface area contributed by atoms with E-state index in [-0.39, 0.29) is 17.9 Å². The lowest BCUT2D eigenvalue weighted by Gasteiger charge is -2.08. The number of hydrogen-bond donors (Lipinski definition) is 1. The number of fused-ring (bicyclic) bond motifs is 1. The first-order valence-corrected chi connectivity index (χ1v) is 9.73. The highest BCUT2D eigenvalue weighted by Gasteiger charge is 2.11. The van der Waals surface area contributed by atoms with Crippen LogP contribution in [0.2, 0.25) is 0 Å². The van der Waals surface area contributed by atoms with Gasteiger partial charge in [0, 0.05) is 20.8 Å². The topological polar surface area (TPSA) is 76.9 Å². The molecule has 6 nitrogen and oxygen atoms in total. The Balaban J connectivity index is 1.53. The third-order valence-electron chi connectivity index (χ3n) is 3.93. The van der Waals surface area contributed by atoms with Gasteiger partial charge in [-0.05, 0) is 24.3 Å². The minimum Gasteiger partial charge on any atom is -0.300 e. The van der Waals surface area contributed by atoms with E-state index in [1.54, 1.807) is 18.2 Å². The minimum atomic E-state index is -0.258. The fourth-order valence-corrected chi connectivity index (χ4v) is 3.83. The van der Waals surface area contributed by atoms with Crippen molar-refractivity contribution in [1.29, 1.82) is 0 Å². The van der Waals surface area contributed by atoms with Crippen molar-refractivity contribution < 1.29 is 4.79 Å². The molecule has 0 aliphatic heterocycles. The molecule has 0 fully saturated rings. The number of rotatable bonds is 4. The first-order chi connectivity index (χ1) is 13.1. The number of halogens is 1. The van der Waals surface area contributed by atoms with Crippen LogP contribution in [-0.2, 0) is 11.3 Å². The zero-order valence-corrected chi connectivity index (χ0v) is 16.3. The van der Waals surface area contributed by atoms with Gasteiger partial charge in [0.15, 0.2) is 5.13 Å². The van der Waals surface area contributed by atoms with Gasteiger partial charge in [-0.15, -0.1) is 11.3 Å². The van der Waals surface area contributed by atoms with Crippen LogP contribution >= 0.6 is 27.3 Å². The Labute approximate surface area is 166 Å². The van der Waals surface area contributed by atoms with Crippen molar-refractivity contribution in [1.82, 2.24) is 14.8 Å². The van der Waals surface area contributed by atoms with Gasteiger partial charge >= 0.3 is 0 Å². The quantitative estimate of drug-likeness (QED) is 0.521. The summed E-state index contributed by atoms with van der Waals surface area (Å²) in [4.78, 5) is 28.8. The molecule has 2 aromatic carbocycles. The summed E-state index contributed by atoms with van der Waals surface area (Å²) >= 11 is 4.80. The van der Waals surface area contributed by atoms with Crippen molar-refractivity contribution in [3.05, 3.63) is 74.8 Å². The lowest BCUT2D eigenvalue weighted by molar-refractivity contribution is -0.116. The SMILES string of the molecule is O=C(Cn1ncc(=O)c2ccccc21)Nc1nc(-c2cccc(Br)c2)cs1. The molecule has 1 amide bonds. The van der Waals surface area contributed by atoms with E-state index >= 15 is 0 Å². The molecule has 0 radical (unpaired) electrons. The molecule has 0 unspecified atom stereocenters. The van der Waals surface area contributed by atoms with Gasteiger partial charge in [-0.25, -0.2) is 4.98 Å². The summed E-state index contributed by atoms with van der Waals surface area (Å²) in [5, 5.41) is 9.81. The number of thiazole rings is 1. The van der Waals surface area contributed by atoms with E-state index in [9.17, 15) is 9.59 Å². The monoisotopic (exact) mass is 440 g/mol. The molecule has 0 aliphatic rings. The van der Waals surface area contributed by atoms with Gasteiger partial charge in [-0.2, -0.15) is 5.10 Å². The van der Waals surface area contributed by atoms with Crippen LogP contribution in [0.5, 0.6) is 0 Å². The summed E-state index contributed by atoms with van der Waals surface area (Å²) in [5.41, 5.74) is 2.22. The Morgan fingerprint density at radius 3 is 2.89 bits per heavy atom. The van der Waals surface area contributed by atoms with Gasteiger partial charge < -0.3 is 5.32 Å². The minimum absolute atomic E-state index is 0.00735. The smallest absolute Gasteiger partial charge is 0.247 e. The van der Waals surface area contributed by atoms with Gasteiger partial charge in [0.2, 0.25) is 11.3 Å². The average molecular weight is 441 g/mol. The van der Waals surface area contributed by atoms with Gasteiger partial charge in [0.25, 0.3) is 0 Å². The van der Waals surface area contributed by atoms with Crippen LogP contribution in [-0.4, -0.2) is 20.7 Å². The van der Waals surface area contributed by atoms with Gasteiger partial charge in [-0.3, -0.25) is 14.3 Å². The Hall–Kier alpha value is -2.84. The summed E-state index contributed by atoms with van der Waals surface area (Å²) in [6.45, 7) is -0.00735. The van der Waals surface area contributed by atoms with E-state index < -0.39 is 0 Å². The normalized spacial score (nSPS) is 10.9. The molecule has 0 spiro atoms. The molecular formula is C19H13BrN4O2S. The second kappa shape index (κ2) is 7.42. The van der Waals surface area contributed by atoms with Crippen molar-refractivity contribution in [2.75, 3.05) is 5.32 Å². The van der Waals surface area contributed by atoms with E-state index in [2.05, 4.69) is 31.3 Å². The van der Waals surface area contributed by atoms with E-state index in [4.69, 9.17) is 0 Å². The summed E-state index contributed by atoms with van der Waals surface area (Å²) in [6, 6.07) is 14.9. The number of hydrogen-bond acceptors (Lipinski definition) is 5. The third kappa shape index (κ3) is 3.81. The van der Waals surface area contributed by atoms with Crippen LogP contribution < -0.4 is 10.7 Å². The first-order valence-electron chi connectivity index (χ1n) is 8.06. The van der Waals surface area contributed by atoms with Crippen molar-refractivity contribution >= 4 is 49.2 Å². The molecule has 134 valence electrons. The first kappa shape index (κ1) is 17.6. The Morgan fingerprint density at radius 1 is 1.19 bits per heavy atom. The van der Waals surface area contributed by atoms with Crippen molar-refractivity contribution in [2.45, 2.75) is 6.54 Å². The Kier molecular flexibility index (Phi) is 4.83. The molecule has 0 aliphatic carbocycles. The lowest BCUT2D eigenvalue weighted by atomic mass is 10.2. The van der Waals surface area contributed by atoms with Crippen LogP contribution in [0, 0.1) is 0 Å². The standard InChI is InChI=1S/C19H13BrN4O2S/c20-13-5-3-4-12(8-13)15-11-27-19(22-15)23-18(26)10-24-16-7-2-1-6-14(16)17(25)9-21-24/h1-9,11H,10H2,(H,22,23,26). The van der Waals surface area contributed by atoms with Gasteiger partial charge in [0.1, 0.15) is 6.54 Å². The second-order valence-corrected chi connectivity index (χ2v) is 7.55. The largest absolute Gasteiger partial charge is 0.300 e. The summed E-state index contributed by atoms with van der Waals surface area (Å²) < 4.78 is 2.48. The second-order valence-electron chi connectivity index (χ2n) is 5.78. The molecular weight excluding hydrogens is 428 g/mol. The maximum atomic E-state index is 12.4. The highest BCUT2D eigenvalue weighted by atomic mass is 79.9. The molecule has 4 rings (SSSR count). The number of carbonyl (C=O) groups is 1. The maximum Gasteiger partial charge on any atom is 0.247 e. The van der Waals surface area contributed by atoms with Crippen molar-refractivity contribution in [2.24, 2.45) is 0 Å². The van der Waals surface area contributed by atoms with Gasteiger partial charge in [-0.1, -0.05) is 40.2 Å². The van der Waals surface area contributed by atoms with E-state index in [0.717, 1.165) is 15.7 Å². The van der Waals surface area contributed by atoms with Crippen LogP contribution in [0.25, 0.3) is 22.2 Å². The molecule has 2 heterocycles. The Morgan fingerprint density at radius 2 is 2.04 bits per heavy atom. The number of benzene rings is 2. The number of para-hydroxylation sites is 1. The lowest BCUT2D eigenvalue weighted by Crippen LogP contribution is -2.22. The molecule has 0 saturated carbocycles. The van der Waals surface area contributed by atoms with E-state index in [0.29, 0.717) is 16.0 Å². The summed E-state index contributed by atoms with van der Waals surface area (Å²) in [5.74, 6) is -0.258. The number of amides is 1. The summed E-state index contributed by atoms with van der Waals surface area (Å²) in [7, 11) is 0. The predicted molar refractivity (Wildman–Crippen MR) is 110 cm³/mol. The number of aromatic nitrogens is 3. The average Bonchev–Trinajstić information content (AvgIpc) is 3.13. The molecule has 2 aromatic heterocycles. The fraction of sp³-hybridized carbons (Fsp3) is 0.0526. The van der Waals surface area contributed by atoms with Crippen molar-refractivity contribution in [3.8, 4) is 11.3 Å². The van der Waals surface area contributed by atoms with E-state index in [1.165, 1.54) is 22.2 Å². The molecule has 0 bridgehead atoms. The number of nitrogens with zero attached hydrogens (tertiary/aromatic N) is 3. The molecule has 4 aromatic rings. The molecule has 0 saturated heterocycles. The van der Waals surface area contributed by atoms with Gasteiger partial charge in [0.05, 0.1) is 17.4 Å². The third-order valence-corrected chi connectivity index (χ3v) is 5.18. The zero-order valence-electron chi connectivity index (χ0n) is 13.9. The number of carbonyl (C=O) groups excluding carboxylic acids is 1. The highest BCUT2D eigenvalue weighted by Crippen LogP contribution is 2.26. The molecule has 8 heteroatoms. The van der Waals surface area contributed by atoms with Crippen LogP contribution in [0.15, 0.2) is 69.4 Å². The van der Waals surface area contributed by atoms with Crippen LogP contribution in [0.3, 0.4) is 0 Å². The number of anilines is 1. The van der Waals surface area contributed by atoms with Crippen LogP contribution in [0.1, 0.15) is 0 Å². The predicted octanol–water partition coefficient (Wildman–Crippen LogP) is 3.92.